The predicted octanol–water partition coefficient (Wildman–Crippen LogP) is 8.50. The van der Waals surface area contributed by atoms with Crippen molar-refractivity contribution in [1.29, 1.82) is 0 Å². The van der Waals surface area contributed by atoms with Crippen molar-refractivity contribution in [2.75, 3.05) is 0 Å². The van der Waals surface area contributed by atoms with Crippen LogP contribution in [0, 0.1) is 0 Å². The molecular weight excluding hydrogens is 412 g/mol. The van der Waals surface area contributed by atoms with Crippen molar-refractivity contribution in [3.8, 4) is 11.3 Å². The summed E-state index contributed by atoms with van der Waals surface area (Å²) in [5.41, 5.74) is 8.97. The van der Waals surface area contributed by atoms with E-state index in [1.54, 1.807) is 0 Å². The fourth-order valence-corrected chi connectivity index (χ4v) is 6.41. The molecular formula is C32H18N2. The van der Waals surface area contributed by atoms with Crippen LogP contribution in [-0.4, -0.2) is 8.80 Å². The maximum Gasteiger partial charge on any atom is 0.0620 e. The van der Waals surface area contributed by atoms with E-state index in [0.717, 1.165) is 0 Å². The monoisotopic (exact) mass is 430 g/mol. The molecule has 9 aromatic rings. The van der Waals surface area contributed by atoms with Crippen molar-refractivity contribution < 1.29 is 0 Å². The average molecular weight is 431 g/mol. The van der Waals surface area contributed by atoms with E-state index in [-0.39, 0.29) is 0 Å². The number of rotatable bonds is 1. The molecule has 0 unspecified atom stereocenters. The van der Waals surface area contributed by atoms with Crippen LogP contribution >= 0.6 is 0 Å². The molecule has 4 aromatic heterocycles. The third-order valence-electron chi connectivity index (χ3n) is 7.76. The number of benzene rings is 5. The van der Waals surface area contributed by atoms with Gasteiger partial charge in [0, 0.05) is 37.7 Å². The van der Waals surface area contributed by atoms with Crippen LogP contribution in [0.5, 0.6) is 0 Å². The molecule has 9 rings (SSSR count). The highest BCUT2D eigenvalue weighted by atomic mass is 14.9. The van der Waals surface area contributed by atoms with Gasteiger partial charge in [0.1, 0.15) is 0 Å². The van der Waals surface area contributed by atoms with Gasteiger partial charge < -0.3 is 8.80 Å². The molecule has 0 aliphatic rings. The maximum absolute atomic E-state index is 2.47. The number of hydrogen-bond donors (Lipinski definition) is 0. The van der Waals surface area contributed by atoms with Crippen molar-refractivity contribution in [1.82, 2.24) is 8.80 Å². The molecule has 156 valence electrons. The van der Waals surface area contributed by atoms with Crippen molar-refractivity contribution in [3.05, 3.63) is 109 Å². The van der Waals surface area contributed by atoms with Crippen LogP contribution in [0.3, 0.4) is 0 Å². The van der Waals surface area contributed by atoms with E-state index in [2.05, 4.69) is 118 Å². The first-order chi connectivity index (χ1) is 16.9. The van der Waals surface area contributed by atoms with Crippen molar-refractivity contribution in [3.63, 3.8) is 0 Å². The lowest BCUT2D eigenvalue weighted by Crippen LogP contribution is -1.86. The maximum atomic E-state index is 2.47. The first kappa shape index (κ1) is 17.0. The molecule has 34 heavy (non-hydrogen) atoms. The van der Waals surface area contributed by atoms with Gasteiger partial charge in [0.2, 0.25) is 0 Å². The van der Waals surface area contributed by atoms with Gasteiger partial charge in [-0.25, -0.2) is 0 Å². The van der Waals surface area contributed by atoms with Gasteiger partial charge in [-0.15, -0.1) is 0 Å². The van der Waals surface area contributed by atoms with Crippen LogP contribution < -0.4 is 0 Å². The molecule has 0 amide bonds. The van der Waals surface area contributed by atoms with Crippen molar-refractivity contribution in [2.24, 2.45) is 0 Å². The zero-order valence-corrected chi connectivity index (χ0v) is 18.3. The second kappa shape index (κ2) is 5.67. The normalized spacial score (nSPS) is 12.7. The van der Waals surface area contributed by atoms with Gasteiger partial charge in [-0.1, -0.05) is 84.9 Å². The molecule has 5 aromatic carbocycles. The second-order valence-corrected chi connectivity index (χ2v) is 9.42. The SMILES string of the molecule is c1ccc(-c2cc3cccc4c5cc6c7cccc8c9ccccc9n(c6cc5n2c34)c87)cc1. The summed E-state index contributed by atoms with van der Waals surface area (Å²) in [6.45, 7) is 0. The molecule has 4 heterocycles. The number of fused-ring (bicyclic) bond motifs is 9. The fourth-order valence-electron chi connectivity index (χ4n) is 6.41. The van der Waals surface area contributed by atoms with Crippen LogP contribution in [0.2, 0.25) is 0 Å². The fraction of sp³-hybridized carbons (Fsp3) is 0. The quantitative estimate of drug-likeness (QED) is 0.247. The van der Waals surface area contributed by atoms with Crippen LogP contribution in [0.15, 0.2) is 109 Å². The molecule has 2 nitrogen and oxygen atoms in total. The Morgan fingerprint density at radius 1 is 0.382 bits per heavy atom. The zero-order chi connectivity index (χ0) is 22.0. The van der Waals surface area contributed by atoms with E-state index < -0.39 is 0 Å². The largest absolute Gasteiger partial charge is 0.308 e. The van der Waals surface area contributed by atoms with Crippen LogP contribution in [0.1, 0.15) is 0 Å². The van der Waals surface area contributed by atoms with Gasteiger partial charge in [0.15, 0.2) is 0 Å². The molecule has 0 N–H and O–H groups in total. The van der Waals surface area contributed by atoms with Crippen molar-refractivity contribution in [2.45, 2.75) is 0 Å². The summed E-state index contributed by atoms with van der Waals surface area (Å²) < 4.78 is 4.95. The highest BCUT2D eigenvalue weighted by Crippen LogP contribution is 2.44. The highest BCUT2D eigenvalue weighted by molar-refractivity contribution is 6.27. The predicted molar refractivity (Wildman–Crippen MR) is 144 cm³/mol. The molecule has 0 atom stereocenters. The van der Waals surface area contributed by atoms with Gasteiger partial charge in [-0.3, -0.25) is 0 Å². The summed E-state index contributed by atoms with van der Waals surface area (Å²) in [6, 6.07) is 40.2. The molecule has 0 aliphatic heterocycles. The Morgan fingerprint density at radius 3 is 1.88 bits per heavy atom. The molecule has 0 saturated heterocycles. The lowest BCUT2D eigenvalue weighted by Gasteiger charge is -2.04. The van der Waals surface area contributed by atoms with Gasteiger partial charge in [0.05, 0.1) is 33.3 Å². The van der Waals surface area contributed by atoms with Crippen LogP contribution in [-0.2, 0) is 0 Å². The third-order valence-corrected chi connectivity index (χ3v) is 7.76. The summed E-state index contributed by atoms with van der Waals surface area (Å²) in [7, 11) is 0. The van der Waals surface area contributed by atoms with Crippen LogP contribution in [0.25, 0.3) is 76.5 Å². The standard InChI is InChI=1S/C32H18N2/c1-2-8-19(9-3-1)28-16-20-10-6-12-23-25-17-26-24-14-7-13-22-21-11-4-5-15-27(21)33(32(22)24)29(26)18-30(25)34(28)31(20)23/h1-18H. The molecule has 0 spiro atoms. The minimum atomic E-state index is 1.25. The Bertz CT molecular complexity index is 2210. The minimum Gasteiger partial charge on any atom is -0.308 e. The van der Waals surface area contributed by atoms with Crippen LogP contribution in [0.4, 0.5) is 0 Å². The summed E-state index contributed by atoms with van der Waals surface area (Å²) in [6.07, 6.45) is 0. The summed E-state index contributed by atoms with van der Waals surface area (Å²) in [5.74, 6) is 0. The number of nitrogens with zero attached hydrogens (tertiary/aromatic N) is 2. The smallest absolute Gasteiger partial charge is 0.0620 e. The molecule has 0 aliphatic carbocycles. The van der Waals surface area contributed by atoms with E-state index >= 15 is 0 Å². The Morgan fingerprint density at radius 2 is 1.03 bits per heavy atom. The minimum absolute atomic E-state index is 1.25. The summed E-state index contributed by atoms with van der Waals surface area (Å²) >= 11 is 0. The average Bonchev–Trinajstić information content (AvgIpc) is 3.62. The van der Waals surface area contributed by atoms with E-state index in [1.165, 1.54) is 76.5 Å². The highest BCUT2D eigenvalue weighted by Gasteiger charge is 2.21. The van der Waals surface area contributed by atoms with Crippen molar-refractivity contribution >= 4 is 65.3 Å². The number of hydrogen-bond acceptors (Lipinski definition) is 0. The molecule has 0 fully saturated rings. The van der Waals surface area contributed by atoms with Gasteiger partial charge in [0.25, 0.3) is 0 Å². The van der Waals surface area contributed by atoms with E-state index in [0.29, 0.717) is 0 Å². The topological polar surface area (TPSA) is 8.82 Å². The third kappa shape index (κ3) is 1.83. The Labute approximate surface area is 194 Å². The van der Waals surface area contributed by atoms with Gasteiger partial charge >= 0.3 is 0 Å². The summed E-state index contributed by atoms with van der Waals surface area (Å²) in [4.78, 5) is 0. The summed E-state index contributed by atoms with van der Waals surface area (Å²) in [5, 5.41) is 9.25. The van der Waals surface area contributed by atoms with Gasteiger partial charge in [-0.05, 0) is 29.8 Å². The van der Waals surface area contributed by atoms with E-state index in [1.807, 2.05) is 0 Å². The molecule has 0 radical (unpaired) electrons. The van der Waals surface area contributed by atoms with E-state index in [4.69, 9.17) is 0 Å². The number of aromatic nitrogens is 2. The lowest BCUT2D eigenvalue weighted by atomic mass is 10.0. The first-order valence-corrected chi connectivity index (χ1v) is 11.8. The van der Waals surface area contributed by atoms with Gasteiger partial charge in [-0.2, -0.15) is 0 Å². The molecule has 0 bridgehead atoms. The Kier molecular flexibility index (Phi) is 2.83. The Hall–Kier alpha value is -4.56. The Balaban J connectivity index is 1.57. The second-order valence-electron chi connectivity index (χ2n) is 9.42. The van der Waals surface area contributed by atoms with E-state index in [9.17, 15) is 0 Å². The zero-order valence-electron chi connectivity index (χ0n) is 18.3. The lowest BCUT2D eigenvalue weighted by molar-refractivity contribution is 1.30. The number of para-hydroxylation sites is 3. The molecule has 0 saturated carbocycles. The first-order valence-electron chi connectivity index (χ1n) is 11.8. The molecule has 2 heteroatoms.